The third-order valence-electron chi connectivity index (χ3n) is 3.52. The number of carbonyl (C=O) groups is 2. The summed E-state index contributed by atoms with van der Waals surface area (Å²) in [6, 6.07) is 1.34. The number of pyridine rings is 1. The summed E-state index contributed by atoms with van der Waals surface area (Å²) < 4.78 is 0.756. The summed E-state index contributed by atoms with van der Waals surface area (Å²) in [5.41, 5.74) is 0.199. The van der Waals surface area contributed by atoms with Crippen LogP contribution in [0.3, 0.4) is 0 Å². The molecule has 0 bridgehead atoms. The third-order valence-corrected chi connectivity index (χ3v) is 3.95. The van der Waals surface area contributed by atoms with Crippen molar-refractivity contribution in [3.05, 3.63) is 28.5 Å². The molecule has 1 fully saturated rings. The van der Waals surface area contributed by atoms with Gasteiger partial charge in [-0.2, -0.15) is 0 Å². The first-order valence-electron chi connectivity index (χ1n) is 7.51. The maximum atomic E-state index is 12.7. The zero-order valence-corrected chi connectivity index (χ0v) is 14.8. The summed E-state index contributed by atoms with van der Waals surface area (Å²) >= 11 is 3.33. The van der Waals surface area contributed by atoms with Gasteiger partial charge in [0.25, 0.3) is 5.91 Å². The van der Waals surface area contributed by atoms with Gasteiger partial charge in [0.1, 0.15) is 6.04 Å². The maximum Gasteiger partial charge on any atom is 0.256 e. The average molecular weight is 368 g/mol. The van der Waals surface area contributed by atoms with E-state index in [-0.39, 0.29) is 17.4 Å². The van der Waals surface area contributed by atoms with Gasteiger partial charge in [-0.05, 0) is 62.0 Å². The summed E-state index contributed by atoms with van der Waals surface area (Å²) in [4.78, 5) is 30.9. The highest BCUT2D eigenvalue weighted by atomic mass is 79.9. The summed E-state index contributed by atoms with van der Waals surface area (Å²) in [5.74, 6) is -0.217. The molecule has 22 heavy (non-hydrogen) atoms. The largest absolute Gasteiger partial charge is 0.350 e. The van der Waals surface area contributed by atoms with Crippen molar-refractivity contribution in [1.29, 1.82) is 0 Å². The van der Waals surface area contributed by atoms with Gasteiger partial charge >= 0.3 is 0 Å². The SMILES string of the molecule is CC(C)(C)NC(=O)C1CCCCN1C(=O)c1cncc(Br)c1. The molecule has 1 aliphatic rings. The van der Waals surface area contributed by atoms with Gasteiger partial charge in [0.2, 0.25) is 5.91 Å². The Balaban J connectivity index is 2.19. The highest BCUT2D eigenvalue weighted by Crippen LogP contribution is 2.21. The summed E-state index contributed by atoms with van der Waals surface area (Å²) in [7, 11) is 0. The van der Waals surface area contributed by atoms with Crippen LogP contribution in [0, 0.1) is 0 Å². The Morgan fingerprint density at radius 1 is 1.32 bits per heavy atom. The predicted molar refractivity (Wildman–Crippen MR) is 88.5 cm³/mol. The van der Waals surface area contributed by atoms with E-state index in [1.807, 2.05) is 20.8 Å². The van der Waals surface area contributed by atoms with Gasteiger partial charge in [0, 0.05) is 29.0 Å². The molecule has 1 aromatic rings. The van der Waals surface area contributed by atoms with Crippen molar-refractivity contribution >= 4 is 27.7 Å². The molecule has 1 aliphatic heterocycles. The van der Waals surface area contributed by atoms with Crippen LogP contribution < -0.4 is 5.32 Å². The van der Waals surface area contributed by atoms with E-state index in [9.17, 15) is 9.59 Å². The van der Waals surface area contributed by atoms with Crippen molar-refractivity contribution in [2.75, 3.05) is 6.54 Å². The zero-order chi connectivity index (χ0) is 16.3. The lowest BCUT2D eigenvalue weighted by Crippen LogP contribution is -2.55. The monoisotopic (exact) mass is 367 g/mol. The molecule has 2 amide bonds. The van der Waals surface area contributed by atoms with Crippen LogP contribution in [-0.2, 0) is 4.79 Å². The van der Waals surface area contributed by atoms with Crippen LogP contribution in [0.2, 0.25) is 0 Å². The number of hydrogen-bond donors (Lipinski definition) is 1. The second-order valence-corrected chi connectivity index (χ2v) is 7.56. The molecule has 1 saturated heterocycles. The normalized spacial score (nSPS) is 18.9. The van der Waals surface area contributed by atoms with E-state index in [2.05, 4.69) is 26.2 Å². The molecule has 5 nitrogen and oxygen atoms in total. The van der Waals surface area contributed by atoms with Gasteiger partial charge in [0.05, 0.1) is 5.56 Å². The van der Waals surface area contributed by atoms with Crippen molar-refractivity contribution in [2.24, 2.45) is 0 Å². The first kappa shape index (κ1) is 16.9. The van der Waals surface area contributed by atoms with Crippen LogP contribution in [0.4, 0.5) is 0 Å². The van der Waals surface area contributed by atoms with E-state index in [0.29, 0.717) is 18.5 Å². The number of nitrogens with one attached hydrogen (secondary N) is 1. The second kappa shape index (κ2) is 6.77. The molecular weight excluding hydrogens is 346 g/mol. The van der Waals surface area contributed by atoms with Gasteiger partial charge in [-0.1, -0.05) is 0 Å². The molecule has 6 heteroatoms. The van der Waals surface area contributed by atoms with E-state index >= 15 is 0 Å². The number of aromatic nitrogens is 1. The van der Waals surface area contributed by atoms with Crippen LogP contribution in [-0.4, -0.2) is 39.8 Å². The lowest BCUT2D eigenvalue weighted by molar-refractivity contribution is -0.128. The van der Waals surface area contributed by atoms with Crippen molar-refractivity contribution in [2.45, 2.75) is 51.6 Å². The lowest BCUT2D eigenvalue weighted by Gasteiger charge is -2.36. The van der Waals surface area contributed by atoms with Crippen LogP contribution >= 0.6 is 15.9 Å². The Morgan fingerprint density at radius 3 is 2.68 bits per heavy atom. The Hall–Kier alpha value is -1.43. The maximum absolute atomic E-state index is 12.7. The predicted octanol–water partition coefficient (Wildman–Crippen LogP) is 2.75. The number of rotatable bonds is 2. The Bertz CT molecular complexity index is 569. The highest BCUT2D eigenvalue weighted by Gasteiger charge is 2.34. The number of piperidine rings is 1. The minimum absolute atomic E-state index is 0.0801. The molecular formula is C16H22BrN3O2. The van der Waals surface area contributed by atoms with Gasteiger partial charge in [-0.25, -0.2) is 0 Å². The van der Waals surface area contributed by atoms with Crippen molar-refractivity contribution in [1.82, 2.24) is 15.2 Å². The fraction of sp³-hybridized carbons (Fsp3) is 0.562. The van der Waals surface area contributed by atoms with Gasteiger partial charge < -0.3 is 10.2 Å². The number of nitrogens with zero attached hydrogens (tertiary/aromatic N) is 2. The number of hydrogen-bond acceptors (Lipinski definition) is 3. The Labute approximate surface area is 139 Å². The van der Waals surface area contributed by atoms with Gasteiger partial charge in [-0.15, -0.1) is 0 Å². The summed E-state index contributed by atoms with van der Waals surface area (Å²) in [6.45, 7) is 6.43. The minimum Gasteiger partial charge on any atom is -0.350 e. The molecule has 1 N–H and O–H groups in total. The fourth-order valence-electron chi connectivity index (χ4n) is 2.59. The molecule has 0 aliphatic carbocycles. The molecule has 1 aromatic heterocycles. The van der Waals surface area contributed by atoms with E-state index in [1.165, 1.54) is 0 Å². The molecule has 2 rings (SSSR count). The van der Waals surface area contributed by atoms with Crippen molar-refractivity contribution in [3.8, 4) is 0 Å². The van der Waals surface area contributed by atoms with E-state index < -0.39 is 6.04 Å². The lowest BCUT2D eigenvalue weighted by atomic mass is 9.99. The number of halogens is 1. The van der Waals surface area contributed by atoms with Crippen LogP contribution in [0.5, 0.6) is 0 Å². The molecule has 2 heterocycles. The molecule has 0 saturated carbocycles. The molecule has 0 spiro atoms. The Kier molecular flexibility index (Phi) is 5.21. The highest BCUT2D eigenvalue weighted by molar-refractivity contribution is 9.10. The number of amides is 2. The standard InChI is InChI=1S/C16H22BrN3O2/c1-16(2,3)19-14(21)13-6-4-5-7-20(13)15(22)11-8-12(17)10-18-9-11/h8-10,13H,4-7H2,1-3H3,(H,19,21). The second-order valence-electron chi connectivity index (χ2n) is 6.64. The third kappa shape index (κ3) is 4.29. The number of carbonyl (C=O) groups excluding carboxylic acids is 2. The summed E-state index contributed by atoms with van der Waals surface area (Å²) in [6.07, 6.45) is 5.77. The topological polar surface area (TPSA) is 62.3 Å². The van der Waals surface area contributed by atoms with E-state index in [1.54, 1.807) is 23.4 Å². The summed E-state index contributed by atoms with van der Waals surface area (Å²) in [5, 5.41) is 2.98. The Morgan fingerprint density at radius 2 is 2.05 bits per heavy atom. The number of likely N-dealkylation sites (tertiary alicyclic amines) is 1. The van der Waals surface area contributed by atoms with E-state index in [4.69, 9.17) is 0 Å². The zero-order valence-electron chi connectivity index (χ0n) is 13.2. The minimum atomic E-state index is -0.403. The van der Waals surface area contributed by atoms with Gasteiger partial charge in [0.15, 0.2) is 0 Å². The average Bonchev–Trinajstić information content (AvgIpc) is 2.44. The van der Waals surface area contributed by atoms with E-state index in [0.717, 1.165) is 17.3 Å². The quantitative estimate of drug-likeness (QED) is 0.873. The molecule has 120 valence electrons. The molecule has 1 atom stereocenters. The fourth-order valence-corrected chi connectivity index (χ4v) is 2.96. The van der Waals surface area contributed by atoms with Crippen LogP contribution in [0.1, 0.15) is 50.4 Å². The van der Waals surface area contributed by atoms with Crippen molar-refractivity contribution < 1.29 is 9.59 Å². The first-order valence-corrected chi connectivity index (χ1v) is 8.31. The van der Waals surface area contributed by atoms with Crippen molar-refractivity contribution in [3.63, 3.8) is 0 Å². The molecule has 1 unspecified atom stereocenters. The van der Waals surface area contributed by atoms with Crippen LogP contribution in [0.15, 0.2) is 22.9 Å². The smallest absolute Gasteiger partial charge is 0.256 e. The molecule has 0 aromatic carbocycles. The molecule has 0 radical (unpaired) electrons. The van der Waals surface area contributed by atoms with Gasteiger partial charge in [-0.3, -0.25) is 14.6 Å². The van der Waals surface area contributed by atoms with Crippen LogP contribution in [0.25, 0.3) is 0 Å². The first-order chi connectivity index (χ1) is 10.3.